The highest BCUT2D eigenvalue weighted by Gasteiger charge is 2.04. The van der Waals surface area contributed by atoms with Gasteiger partial charge in [-0.25, -0.2) is 0 Å². The standard InChI is InChI=1S/C17H18N2O/c1-2-20-16-6-7-17-14(11-16)8-9-19(17)12-13-4-3-5-15(18)10-13/h3-11H,2,12,18H2,1H3. The van der Waals surface area contributed by atoms with Crippen LogP contribution in [-0.4, -0.2) is 11.2 Å². The highest BCUT2D eigenvalue weighted by molar-refractivity contribution is 5.81. The quantitative estimate of drug-likeness (QED) is 0.732. The summed E-state index contributed by atoms with van der Waals surface area (Å²) in [5, 5.41) is 1.19. The summed E-state index contributed by atoms with van der Waals surface area (Å²) < 4.78 is 7.75. The van der Waals surface area contributed by atoms with Gasteiger partial charge in [-0.2, -0.15) is 0 Å². The largest absolute Gasteiger partial charge is 0.494 e. The SMILES string of the molecule is CCOc1ccc2c(ccn2Cc2cccc(N)c2)c1. The van der Waals surface area contributed by atoms with Crippen molar-refractivity contribution in [3.05, 3.63) is 60.3 Å². The molecule has 0 saturated heterocycles. The van der Waals surface area contributed by atoms with Crippen LogP contribution in [0.4, 0.5) is 5.69 Å². The van der Waals surface area contributed by atoms with Crippen molar-refractivity contribution in [1.29, 1.82) is 0 Å². The molecule has 3 rings (SSSR count). The number of ether oxygens (including phenoxy) is 1. The summed E-state index contributed by atoms with van der Waals surface area (Å²) in [6.07, 6.45) is 2.10. The number of aromatic nitrogens is 1. The Morgan fingerprint density at radius 3 is 2.80 bits per heavy atom. The second kappa shape index (κ2) is 5.29. The normalized spacial score (nSPS) is 10.8. The van der Waals surface area contributed by atoms with Gasteiger partial charge in [0.1, 0.15) is 5.75 Å². The van der Waals surface area contributed by atoms with E-state index in [1.54, 1.807) is 0 Å². The molecule has 1 aromatic heterocycles. The lowest BCUT2D eigenvalue weighted by molar-refractivity contribution is 0.340. The van der Waals surface area contributed by atoms with E-state index in [2.05, 4.69) is 35.0 Å². The van der Waals surface area contributed by atoms with E-state index in [9.17, 15) is 0 Å². The second-order valence-corrected chi connectivity index (χ2v) is 4.84. The zero-order chi connectivity index (χ0) is 13.9. The summed E-state index contributed by atoms with van der Waals surface area (Å²) in [7, 11) is 0. The Labute approximate surface area is 118 Å². The third-order valence-corrected chi connectivity index (χ3v) is 3.36. The van der Waals surface area contributed by atoms with E-state index in [1.165, 1.54) is 16.5 Å². The van der Waals surface area contributed by atoms with Gasteiger partial charge in [-0.15, -0.1) is 0 Å². The minimum Gasteiger partial charge on any atom is -0.494 e. The van der Waals surface area contributed by atoms with Crippen molar-refractivity contribution in [3.8, 4) is 5.75 Å². The van der Waals surface area contributed by atoms with Crippen molar-refractivity contribution in [1.82, 2.24) is 4.57 Å². The highest BCUT2D eigenvalue weighted by atomic mass is 16.5. The molecule has 1 heterocycles. The van der Waals surface area contributed by atoms with Crippen LogP contribution >= 0.6 is 0 Å². The number of nitrogens with two attached hydrogens (primary N) is 1. The number of rotatable bonds is 4. The molecule has 0 unspecified atom stereocenters. The first-order valence-electron chi connectivity index (χ1n) is 6.82. The third-order valence-electron chi connectivity index (χ3n) is 3.36. The van der Waals surface area contributed by atoms with Crippen molar-refractivity contribution in [3.63, 3.8) is 0 Å². The number of hydrogen-bond acceptors (Lipinski definition) is 2. The van der Waals surface area contributed by atoms with Gasteiger partial charge in [0.05, 0.1) is 6.61 Å². The van der Waals surface area contributed by atoms with Gasteiger partial charge in [-0.05, 0) is 48.9 Å². The second-order valence-electron chi connectivity index (χ2n) is 4.84. The van der Waals surface area contributed by atoms with E-state index < -0.39 is 0 Å². The first-order chi connectivity index (χ1) is 9.76. The van der Waals surface area contributed by atoms with Crippen molar-refractivity contribution < 1.29 is 4.74 Å². The first kappa shape index (κ1) is 12.6. The molecule has 3 aromatic rings. The molecule has 0 aliphatic carbocycles. The van der Waals surface area contributed by atoms with Crippen LogP contribution in [0.1, 0.15) is 12.5 Å². The molecule has 0 aliphatic heterocycles. The minimum absolute atomic E-state index is 0.690. The van der Waals surface area contributed by atoms with E-state index in [0.717, 1.165) is 18.0 Å². The van der Waals surface area contributed by atoms with E-state index in [-0.39, 0.29) is 0 Å². The average molecular weight is 266 g/mol. The predicted octanol–water partition coefficient (Wildman–Crippen LogP) is 3.67. The molecule has 0 atom stereocenters. The molecule has 3 heteroatoms. The number of nitrogens with zero attached hydrogens (tertiary/aromatic N) is 1. The number of anilines is 1. The van der Waals surface area contributed by atoms with E-state index in [4.69, 9.17) is 10.5 Å². The van der Waals surface area contributed by atoms with Gasteiger partial charge in [0.25, 0.3) is 0 Å². The minimum atomic E-state index is 0.690. The van der Waals surface area contributed by atoms with Crippen LogP contribution < -0.4 is 10.5 Å². The summed E-state index contributed by atoms with van der Waals surface area (Å²) in [5.41, 5.74) is 9.04. The van der Waals surface area contributed by atoms with E-state index in [0.29, 0.717) is 6.61 Å². The molecule has 2 N–H and O–H groups in total. The summed E-state index contributed by atoms with van der Waals surface area (Å²) in [5.74, 6) is 0.918. The zero-order valence-corrected chi connectivity index (χ0v) is 11.5. The van der Waals surface area contributed by atoms with Crippen molar-refractivity contribution in [2.75, 3.05) is 12.3 Å². The summed E-state index contributed by atoms with van der Waals surface area (Å²) in [4.78, 5) is 0. The van der Waals surface area contributed by atoms with Crippen LogP contribution in [0, 0.1) is 0 Å². The fourth-order valence-electron chi connectivity index (χ4n) is 2.46. The van der Waals surface area contributed by atoms with Crippen LogP contribution in [0.5, 0.6) is 5.75 Å². The summed E-state index contributed by atoms with van der Waals surface area (Å²) >= 11 is 0. The zero-order valence-electron chi connectivity index (χ0n) is 11.5. The number of benzene rings is 2. The molecule has 0 spiro atoms. The number of fused-ring (bicyclic) bond motifs is 1. The fourth-order valence-corrected chi connectivity index (χ4v) is 2.46. The molecule has 0 aliphatic rings. The molecule has 0 saturated carbocycles. The molecule has 0 radical (unpaired) electrons. The van der Waals surface area contributed by atoms with Gasteiger partial charge >= 0.3 is 0 Å². The Hall–Kier alpha value is -2.42. The van der Waals surface area contributed by atoms with Gasteiger partial charge in [0.2, 0.25) is 0 Å². The van der Waals surface area contributed by atoms with Gasteiger partial charge in [0, 0.05) is 29.3 Å². The maximum atomic E-state index is 5.83. The molecule has 102 valence electrons. The Kier molecular flexibility index (Phi) is 3.33. The Bertz CT molecular complexity index is 731. The summed E-state index contributed by atoms with van der Waals surface area (Å²) in [6, 6.07) is 16.3. The third kappa shape index (κ3) is 2.48. The van der Waals surface area contributed by atoms with Gasteiger partial charge in [-0.3, -0.25) is 0 Å². The Morgan fingerprint density at radius 1 is 1.10 bits per heavy atom. The van der Waals surface area contributed by atoms with Crippen molar-refractivity contribution in [2.45, 2.75) is 13.5 Å². The molecule has 0 fully saturated rings. The topological polar surface area (TPSA) is 40.2 Å². The van der Waals surface area contributed by atoms with E-state index >= 15 is 0 Å². The van der Waals surface area contributed by atoms with Gasteiger partial charge < -0.3 is 15.0 Å². The van der Waals surface area contributed by atoms with Crippen molar-refractivity contribution in [2.24, 2.45) is 0 Å². The Morgan fingerprint density at radius 2 is 2.00 bits per heavy atom. The lowest BCUT2D eigenvalue weighted by atomic mass is 10.2. The molecular weight excluding hydrogens is 248 g/mol. The molecular formula is C17H18N2O. The monoisotopic (exact) mass is 266 g/mol. The van der Waals surface area contributed by atoms with E-state index in [1.807, 2.05) is 31.2 Å². The van der Waals surface area contributed by atoms with Crippen LogP contribution in [0.3, 0.4) is 0 Å². The van der Waals surface area contributed by atoms with Gasteiger partial charge in [0.15, 0.2) is 0 Å². The number of nitrogen functional groups attached to an aromatic ring is 1. The van der Waals surface area contributed by atoms with Crippen molar-refractivity contribution >= 4 is 16.6 Å². The molecule has 20 heavy (non-hydrogen) atoms. The highest BCUT2D eigenvalue weighted by Crippen LogP contribution is 2.23. The maximum absolute atomic E-state index is 5.83. The van der Waals surface area contributed by atoms with Crippen LogP contribution in [0.2, 0.25) is 0 Å². The Balaban J connectivity index is 1.92. The smallest absolute Gasteiger partial charge is 0.120 e. The van der Waals surface area contributed by atoms with Crippen LogP contribution in [-0.2, 0) is 6.54 Å². The lowest BCUT2D eigenvalue weighted by Gasteiger charge is -2.07. The summed E-state index contributed by atoms with van der Waals surface area (Å²) in [6.45, 7) is 3.51. The lowest BCUT2D eigenvalue weighted by Crippen LogP contribution is -1.98. The molecule has 0 bridgehead atoms. The first-order valence-corrected chi connectivity index (χ1v) is 6.82. The molecule has 0 amide bonds. The van der Waals surface area contributed by atoms with Crippen LogP contribution in [0.25, 0.3) is 10.9 Å². The molecule has 3 nitrogen and oxygen atoms in total. The fraction of sp³-hybridized carbons (Fsp3) is 0.176. The predicted molar refractivity (Wildman–Crippen MR) is 83.1 cm³/mol. The number of hydrogen-bond donors (Lipinski definition) is 1. The average Bonchev–Trinajstić information content (AvgIpc) is 2.82. The van der Waals surface area contributed by atoms with Crippen LogP contribution in [0.15, 0.2) is 54.7 Å². The maximum Gasteiger partial charge on any atom is 0.120 e. The molecule has 2 aromatic carbocycles. The van der Waals surface area contributed by atoms with Gasteiger partial charge in [-0.1, -0.05) is 12.1 Å².